The molecule has 22 heavy (non-hydrogen) atoms. The summed E-state index contributed by atoms with van der Waals surface area (Å²) in [5.74, 6) is 2.17. The van der Waals surface area contributed by atoms with Gasteiger partial charge in [-0.05, 0) is 55.5 Å². The maximum Gasteiger partial charge on any atom is 0.126 e. The van der Waals surface area contributed by atoms with Crippen LogP contribution in [-0.4, -0.2) is 19.2 Å². The van der Waals surface area contributed by atoms with Crippen LogP contribution in [0.5, 0.6) is 11.5 Å². The fourth-order valence-corrected chi connectivity index (χ4v) is 3.29. The first-order chi connectivity index (χ1) is 10.6. The molecule has 3 heteroatoms. The average molecular weight is 299 g/mol. The van der Waals surface area contributed by atoms with Crippen LogP contribution in [0, 0.1) is 20.8 Å². The molecule has 2 aromatic rings. The van der Waals surface area contributed by atoms with Crippen LogP contribution in [0.15, 0.2) is 24.5 Å². The lowest BCUT2D eigenvalue weighted by molar-refractivity contribution is 0.388. The van der Waals surface area contributed by atoms with Crippen molar-refractivity contribution in [1.82, 2.24) is 4.98 Å². The minimum absolute atomic E-state index is 0.247. The van der Waals surface area contributed by atoms with Crippen LogP contribution in [0.2, 0.25) is 0 Å². The molecule has 1 aromatic heterocycles. The number of hydrogen-bond donors (Lipinski definition) is 0. The summed E-state index contributed by atoms with van der Waals surface area (Å²) < 4.78 is 11.4. The summed E-state index contributed by atoms with van der Waals surface area (Å²) in [6.45, 7) is 8.48. The van der Waals surface area contributed by atoms with E-state index in [-0.39, 0.29) is 5.92 Å². The van der Waals surface area contributed by atoms with E-state index in [4.69, 9.17) is 9.47 Å². The zero-order valence-corrected chi connectivity index (χ0v) is 14.4. The Morgan fingerprint density at radius 1 is 1.00 bits per heavy atom. The molecule has 0 aliphatic rings. The van der Waals surface area contributed by atoms with Gasteiger partial charge >= 0.3 is 0 Å². The van der Waals surface area contributed by atoms with Crippen molar-refractivity contribution in [2.24, 2.45) is 0 Å². The molecule has 118 valence electrons. The Bertz CT molecular complexity index is 650. The topological polar surface area (TPSA) is 31.4 Å². The van der Waals surface area contributed by atoms with E-state index in [1.165, 1.54) is 11.1 Å². The van der Waals surface area contributed by atoms with Gasteiger partial charge in [-0.15, -0.1) is 0 Å². The van der Waals surface area contributed by atoms with Crippen LogP contribution in [0.4, 0.5) is 0 Å². The molecule has 0 saturated heterocycles. The van der Waals surface area contributed by atoms with Gasteiger partial charge in [0.2, 0.25) is 0 Å². The number of aromatic nitrogens is 1. The summed E-state index contributed by atoms with van der Waals surface area (Å²) in [4.78, 5) is 4.27. The van der Waals surface area contributed by atoms with Crippen LogP contribution in [0.25, 0.3) is 0 Å². The molecule has 0 amide bonds. The zero-order chi connectivity index (χ0) is 16.3. The van der Waals surface area contributed by atoms with E-state index < -0.39 is 0 Å². The highest BCUT2D eigenvalue weighted by molar-refractivity contribution is 5.60. The first-order valence-corrected chi connectivity index (χ1v) is 7.68. The van der Waals surface area contributed by atoms with E-state index in [0.29, 0.717) is 0 Å². The predicted molar refractivity (Wildman–Crippen MR) is 90.1 cm³/mol. The quantitative estimate of drug-likeness (QED) is 0.810. The average Bonchev–Trinajstić information content (AvgIpc) is 2.54. The molecule has 0 fully saturated rings. The third-order valence-corrected chi connectivity index (χ3v) is 4.48. The van der Waals surface area contributed by atoms with Crippen LogP contribution in [0.1, 0.15) is 47.1 Å². The van der Waals surface area contributed by atoms with E-state index in [1.807, 2.05) is 12.3 Å². The Morgan fingerprint density at radius 2 is 1.64 bits per heavy atom. The third kappa shape index (κ3) is 2.68. The van der Waals surface area contributed by atoms with Gasteiger partial charge in [-0.1, -0.05) is 13.0 Å². The molecule has 0 saturated carbocycles. The number of pyridine rings is 1. The van der Waals surface area contributed by atoms with Crippen LogP contribution < -0.4 is 9.47 Å². The van der Waals surface area contributed by atoms with E-state index in [1.54, 1.807) is 20.4 Å². The van der Waals surface area contributed by atoms with Crippen molar-refractivity contribution >= 4 is 0 Å². The number of benzene rings is 1. The van der Waals surface area contributed by atoms with E-state index >= 15 is 0 Å². The van der Waals surface area contributed by atoms with Gasteiger partial charge in [0.1, 0.15) is 11.5 Å². The standard InChI is InChI=1S/C19H25NO2/c1-7-16(15-9-8-10-20-11-15)17-14(4)18(21-5)12(2)13(3)19(17)22-6/h8-11,16H,7H2,1-6H3. The largest absolute Gasteiger partial charge is 0.496 e. The van der Waals surface area contributed by atoms with Gasteiger partial charge in [-0.3, -0.25) is 4.98 Å². The van der Waals surface area contributed by atoms with Crippen LogP contribution in [-0.2, 0) is 0 Å². The molecule has 0 spiro atoms. The van der Waals surface area contributed by atoms with E-state index in [0.717, 1.165) is 34.6 Å². The molecule has 0 aliphatic heterocycles. The second-order valence-corrected chi connectivity index (χ2v) is 5.60. The Labute approximate surface area is 133 Å². The van der Waals surface area contributed by atoms with Gasteiger partial charge in [0.15, 0.2) is 0 Å². The number of rotatable bonds is 5. The van der Waals surface area contributed by atoms with Crippen molar-refractivity contribution in [3.8, 4) is 11.5 Å². The van der Waals surface area contributed by atoms with Crippen LogP contribution >= 0.6 is 0 Å². The molecule has 1 heterocycles. The smallest absolute Gasteiger partial charge is 0.126 e. The Kier molecular flexibility index (Phi) is 5.07. The van der Waals surface area contributed by atoms with Crippen molar-refractivity contribution < 1.29 is 9.47 Å². The van der Waals surface area contributed by atoms with Crippen molar-refractivity contribution in [1.29, 1.82) is 0 Å². The van der Waals surface area contributed by atoms with Gasteiger partial charge in [-0.25, -0.2) is 0 Å². The highest BCUT2D eigenvalue weighted by Gasteiger charge is 2.25. The number of hydrogen-bond acceptors (Lipinski definition) is 3. The highest BCUT2D eigenvalue weighted by atomic mass is 16.5. The second-order valence-electron chi connectivity index (χ2n) is 5.60. The fourth-order valence-electron chi connectivity index (χ4n) is 3.29. The normalized spacial score (nSPS) is 12.1. The second kappa shape index (κ2) is 6.82. The summed E-state index contributed by atoms with van der Waals surface area (Å²) in [6.07, 6.45) is 4.73. The number of ether oxygens (including phenoxy) is 2. The molecular formula is C19H25NO2. The minimum Gasteiger partial charge on any atom is -0.496 e. The molecule has 0 aliphatic carbocycles. The van der Waals surface area contributed by atoms with Gasteiger partial charge in [0, 0.05) is 23.9 Å². The Balaban J connectivity index is 2.74. The van der Waals surface area contributed by atoms with Gasteiger partial charge in [0.05, 0.1) is 14.2 Å². The predicted octanol–water partition coefficient (Wildman–Crippen LogP) is 4.57. The molecule has 0 bridgehead atoms. The molecule has 0 radical (unpaired) electrons. The summed E-state index contributed by atoms with van der Waals surface area (Å²) in [5, 5.41) is 0. The van der Waals surface area contributed by atoms with Crippen LogP contribution in [0.3, 0.4) is 0 Å². The molecule has 1 unspecified atom stereocenters. The van der Waals surface area contributed by atoms with Crippen molar-refractivity contribution in [3.63, 3.8) is 0 Å². The fraction of sp³-hybridized carbons (Fsp3) is 0.421. The zero-order valence-electron chi connectivity index (χ0n) is 14.4. The van der Waals surface area contributed by atoms with E-state index in [9.17, 15) is 0 Å². The maximum atomic E-state index is 5.77. The lowest BCUT2D eigenvalue weighted by Crippen LogP contribution is -2.09. The lowest BCUT2D eigenvalue weighted by Gasteiger charge is -2.25. The molecular weight excluding hydrogens is 274 g/mol. The molecule has 2 rings (SSSR count). The number of methoxy groups -OCH3 is 2. The third-order valence-electron chi connectivity index (χ3n) is 4.48. The lowest BCUT2D eigenvalue weighted by atomic mass is 9.84. The summed E-state index contributed by atoms with van der Waals surface area (Å²) >= 11 is 0. The Hall–Kier alpha value is -2.03. The van der Waals surface area contributed by atoms with Crippen molar-refractivity contribution in [3.05, 3.63) is 52.3 Å². The SMILES string of the molecule is CCC(c1cccnc1)c1c(C)c(OC)c(C)c(C)c1OC. The van der Waals surface area contributed by atoms with Gasteiger partial charge < -0.3 is 9.47 Å². The molecule has 3 nitrogen and oxygen atoms in total. The number of nitrogens with zero attached hydrogens (tertiary/aromatic N) is 1. The van der Waals surface area contributed by atoms with Gasteiger partial charge in [-0.2, -0.15) is 0 Å². The molecule has 1 atom stereocenters. The summed E-state index contributed by atoms with van der Waals surface area (Å²) in [5.41, 5.74) is 5.84. The maximum absolute atomic E-state index is 5.77. The molecule has 1 aromatic carbocycles. The summed E-state index contributed by atoms with van der Waals surface area (Å²) in [6, 6.07) is 4.11. The Morgan fingerprint density at radius 3 is 2.14 bits per heavy atom. The van der Waals surface area contributed by atoms with Gasteiger partial charge in [0.25, 0.3) is 0 Å². The monoisotopic (exact) mass is 299 g/mol. The van der Waals surface area contributed by atoms with Crippen molar-refractivity contribution in [2.45, 2.75) is 40.0 Å². The first kappa shape index (κ1) is 16.3. The molecule has 0 N–H and O–H groups in total. The summed E-state index contributed by atoms with van der Waals surface area (Å²) in [7, 11) is 3.48. The minimum atomic E-state index is 0.247. The highest BCUT2D eigenvalue weighted by Crippen LogP contribution is 2.44. The first-order valence-electron chi connectivity index (χ1n) is 7.68. The van der Waals surface area contributed by atoms with Crippen molar-refractivity contribution in [2.75, 3.05) is 14.2 Å². The van der Waals surface area contributed by atoms with E-state index in [2.05, 4.69) is 38.7 Å².